The monoisotopic (exact) mass is 406 g/mol. The molecule has 0 radical (unpaired) electrons. The molecule has 7 heteroatoms. The molecule has 4 amide bonds. The lowest BCUT2D eigenvalue weighted by atomic mass is 9.95. The summed E-state index contributed by atoms with van der Waals surface area (Å²) in [7, 11) is 0. The number of urea groups is 1. The Morgan fingerprint density at radius 3 is 2.31 bits per heavy atom. The summed E-state index contributed by atoms with van der Waals surface area (Å²) in [6.07, 6.45) is 8.46. The molecule has 3 unspecified atom stereocenters. The van der Waals surface area contributed by atoms with Gasteiger partial charge in [-0.15, -0.1) is 0 Å². The molecule has 2 N–H and O–H groups in total. The average Bonchev–Trinajstić information content (AvgIpc) is 3.57. The van der Waals surface area contributed by atoms with Crippen LogP contribution in [0.5, 0.6) is 0 Å². The van der Waals surface area contributed by atoms with E-state index in [1.807, 2.05) is 30.6 Å². The zero-order chi connectivity index (χ0) is 21.0. The van der Waals surface area contributed by atoms with Crippen molar-refractivity contribution in [1.82, 2.24) is 20.4 Å². The largest absolute Gasteiger partial charge is 0.344 e. The minimum Gasteiger partial charge on any atom is -0.344 e. The molecule has 3 aliphatic rings. The first-order chi connectivity index (χ1) is 13.9. The van der Waals surface area contributed by atoms with E-state index in [1.54, 1.807) is 0 Å². The zero-order valence-electron chi connectivity index (χ0n) is 18.3. The predicted octanol–water partition coefficient (Wildman–Crippen LogP) is 2.50. The van der Waals surface area contributed by atoms with Crippen LogP contribution in [0.25, 0.3) is 0 Å². The number of carbonyl (C=O) groups excluding carboxylic acids is 3. The van der Waals surface area contributed by atoms with Gasteiger partial charge in [-0.25, -0.2) is 4.79 Å². The molecule has 1 heterocycles. The molecule has 0 bridgehead atoms. The third kappa shape index (κ3) is 5.64. The quantitative estimate of drug-likeness (QED) is 0.711. The van der Waals surface area contributed by atoms with Crippen LogP contribution < -0.4 is 10.6 Å². The first-order valence-corrected chi connectivity index (χ1v) is 11.6. The number of hydrogen-bond donors (Lipinski definition) is 2. The number of rotatable bonds is 6. The molecule has 0 aromatic carbocycles. The zero-order valence-corrected chi connectivity index (χ0v) is 18.3. The fraction of sp³-hybridized carbons (Fsp3) is 0.864. The van der Waals surface area contributed by atoms with Crippen molar-refractivity contribution >= 4 is 17.8 Å². The molecule has 164 valence electrons. The Morgan fingerprint density at radius 2 is 1.72 bits per heavy atom. The van der Waals surface area contributed by atoms with E-state index in [0.29, 0.717) is 19.6 Å². The molecular weight excluding hydrogens is 368 g/mol. The average molecular weight is 407 g/mol. The second-order valence-electron chi connectivity index (χ2n) is 9.26. The van der Waals surface area contributed by atoms with Gasteiger partial charge in [-0.1, -0.05) is 39.5 Å². The van der Waals surface area contributed by atoms with Crippen LogP contribution in [-0.2, 0) is 9.59 Å². The van der Waals surface area contributed by atoms with E-state index in [-0.39, 0.29) is 41.8 Å². The summed E-state index contributed by atoms with van der Waals surface area (Å²) >= 11 is 0. The molecule has 0 spiro atoms. The maximum atomic E-state index is 13.2. The van der Waals surface area contributed by atoms with Gasteiger partial charge in [0.25, 0.3) is 0 Å². The number of amides is 4. The molecule has 3 fully saturated rings. The highest BCUT2D eigenvalue weighted by molar-refractivity contribution is 5.89. The molecular formula is C22H38N4O3. The highest BCUT2D eigenvalue weighted by Gasteiger charge is 2.38. The van der Waals surface area contributed by atoms with E-state index in [0.717, 1.165) is 32.1 Å². The number of nitrogens with zero attached hydrogens (tertiary/aromatic N) is 2. The number of hydrogen-bond acceptors (Lipinski definition) is 3. The van der Waals surface area contributed by atoms with Crippen molar-refractivity contribution in [2.45, 2.75) is 90.3 Å². The van der Waals surface area contributed by atoms with Crippen molar-refractivity contribution in [3.63, 3.8) is 0 Å². The minimum atomic E-state index is -0.470. The highest BCUT2D eigenvalue weighted by atomic mass is 16.2. The second-order valence-corrected chi connectivity index (χ2v) is 9.26. The first-order valence-electron chi connectivity index (χ1n) is 11.6. The fourth-order valence-corrected chi connectivity index (χ4v) is 4.46. The molecule has 3 rings (SSSR count). The SMILES string of the molecule is CCC(C)C(NC(=O)C1CC1)C(=O)N1CCN(C(=O)NC2CCCCC2)C(C)C1. The number of piperazine rings is 1. The van der Waals surface area contributed by atoms with Gasteiger partial charge in [0, 0.05) is 37.6 Å². The third-order valence-electron chi connectivity index (χ3n) is 6.86. The molecule has 2 aliphatic carbocycles. The molecule has 3 atom stereocenters. The maximum Gasteiger partial charge on any atom is 0.317 e. The molecule has 2 saturated carbocycles. The van der Waals surface area contributed by atoms with Gasteiger partial charge in [-0.05, 0) is 38.5 Å². The van der Waals surface area contributed by atoms with Crippen LogP contribution in [0.15, 0.2) is 0 Å². The molecule has 1 saturated heterocycles. The Kier molecular flexibility index (Phi) is 7.41. The first kappa shape index (κ1) is 21.9. The van der Waals surface area contributed by atoms with Crippen molar-refractivity contribution in [2.24, 2.45) is 11.8 Å². The highest BCUT2D eigenvalue weighted by Crippen LogP contribution is 2.29. The molecule has 1 aliphatic heterocycles. The van der Waals surface area contributed by atoms with Crippen LogP contribution in [0.4, 0.5) is 4.79 Å². The summed E-state index contributed by atoms with van der Waals surface area (Å²) in [5, 5.41) is 6.19. The summed E-state index contributed by atoms with van der Waals surface area (Å²) in [6, 6.07) is -0.219. The summed E-state index contributed by atoms with van der Waals surface area (Å²) < 4.78 is 0. The van der Waals surface area contributed by atoms with Crippen molar-refractivity contribution < 1.29 is 14.4 Å². The van der Waals surface area contributed by atoms with Crippen LogP contribution in [0.1, 0.15) is 72.1 Å². The summed E-state index contributed by atoms with van der Waals surface area (Å²) in [5.74, 6) is 0.191. The van der Waals surface area contributed by atoms with Gasteiger partial charge in [0.15, 0.2) is 0 Å². The Morgan fingerprint density at radius 1 is 1.03 bits per heavy atom. The van der Waals surface area contributed by atoms with Gasteiger partial charge in [0.05, 0.1) is 0 Å². The van der Waals surface area contributed by atoms with Crippen LogP contribution in [0.3, 0.4) is 0 Å². The van der Waals surface area contributed by atoms with Gasteiger partial charge in [0.1, 0.15) is 6.04 Å². The van der Waals surface area contributed by atoms with Crippen molar-refractivity contribution in [2.75, 3.05) is 19.6 Å². The van der Waals surface area contributed by atoms with Gasteiger partial charge in [-0.2, -0.15) is 0 Å². The van der Waals surface area contributed by atoms with Crippen LogP contribution in [-0.4, -0.2) is 65.4 Å². The van der Waals surface area contributed by atoms with Gasteiger partial charge in [0.2, 0.25) is 11.8 Å². The standard InChI is InChI=1S/C22H38N4O3/c1-4-15(2)19(24-20(27)17-10-11-17)21(28)25-12-13-26(16(3)14-25)22(29)23-18-8-6-5-7-9-18/h15-19H,4-14H2,1-3H3,(H,23,29)(H,24,27). The lowest BCUT2D eigenvalue weighted by Crippen LogP contribution is -2.61. The Balaban J connectivity index is 1.55. The minimum absolute atomic E-state index is 0.00277. The second kappa shape index (κ2) is 9.81. The molecule has 7 nitrogen and oxygen atoms in total. The molecule has 29 heavy (non-hydrogen) atoms. The van der Waals surface area contributed by atoms with Gasteiger partial charge >= 0.3 is 6.03 Å². The smallest absolute Gasteiger partial charge is 0.317 e. The number of nitrogens with one attached hydrogen (secondary N) is 2. The number of carbonyl (C=O) groups is 3. The molecule has 0 aromatic rings. The van der Waals surface area contributed by atoms with Crippen LogP contribution in [0.2, 0.25) is 0 Å². The van der Waals surface area contributed by atoms with Gasteiger partial charge in [-0.3, -0.25) is 9.59 Å². The fourth-order valence-electron chi connectivity index (χ4n) is 4.46. The van der Waals surface area contributed by atoms with E-state index in [1.165, 1.54) is 19.3 Å². The van der Waals surface area contributed by atoms with Crippen LogP contribution >= 0.6 is 0 Å². The topological polar surface area (TPSA) is 81.8 Å². The lowest BCUT2D eigenvalue weighted by Gasteiger charge is -2.42. The predicted molar refractivity (Wildman–Crippen MR) is 112 cm³/mol. The van der Waals surface area contributed by atoms with Gasteiger partial charge < -0.3 is 20.4 Å². The van der Waals surface area contributed by atoms with Crippen molar-refractivity contribution in [3.05, 3.63) is 0 Å². The van der Waals surface area contributed by atoms with E-state index in [4.69, 9.17) is 0 Å². The Bertz CT molecular complexity index is 601. The lowest BCUT2D eigenvalue weighted by molar-refractivity contribution is -0.140. The third-order valence-corrected chi connectivity index (χ3v) is 6.86. The van der Waals surface area contributed by atoms with Crippen LogP contribution in [0, 0.1) is 11.8 Å². The summed E-state index contributed by atoms with van der Waals surface area (Å²) in [4.78, 5) is 41.9. The Hall–Kier alpha value is -1.79. The summed E-state index contributed by atoms with van der Waals surface area (Å²) in [5.41, 5.74) is 0. The summed E-state index contributed by atoms with van der Waals surface area (Å²) in [6.45, 7) is 7.64. The van der Waals surface area contributed by atoms with E-state index in [9.17, 15) is 14.4 Å². The molecule has 0 aromatic heterocycles. The van der Waals surface area contributed by atoms with Crippen molar-refractivity contribution in [3.8, 4) is 0 Å². The van der Waals surface area contributed by atoms with E-state index in [2.05, 4.69) is 10.6 Å². The van der Waals surface area contributed by atoms with E-state index < -0.39 is 6.04 Å². The Labute approximate surface area is 174 Å². The van der Waals surface area contributed by atoms with Crippen molar-refractivity contribution in [1.29, 1.82) is 0 Å². The maximum absolute atomic E-state index is 13.2. The van der Waals surface area contributed by atoms with E-state index >= 15 is 0 Å². The normalized spacial score (nSPS) is 25.3.